The summed E-state index contributed by atoms with van der Waals surface area (Å²) >= 11 is 0. The van der Waals surface area contributed by atoms with Gasteiger partial charge in [-0.05, 0) is 55.0 Å². The standard InChI is InChI=1S/C28H27N5O6S/c1-4-5-13-24-29-27(34)26(28(35)32(24)25-22(38-2)11-8-12-23(25)39-3)40(36,37)19-16-14-18(15-17-19)33-21-10-7-6-9-20(21)30-31-33/h6-12,14-17,35H,4-5,13H2,1-3H3. The van der Waals surface area contributed by atoms with Gasteiger partial charge in [-0.2, -0.15) is 4.98 Å². The Morgan fingerprint density at radius 2 is 1.60 bits per heavy atom. The lowest BCUT2D eigenvalue weighted by Crippen LogP contribution is -2.25. The van der Waals surface area contributed by atoms with Gasteiger partial charge in [0, 0.05) is 6.42 Å². The molecule has 0 unspecified atom stereocenters. The highest BCUT2D eigenvalue weighted by Gasteiger charge is 2.31. The molecule has 206 valence electrons. The first-order valence-corrected chi connectivity index (χ1v) is 14.0. The quantitative estimate of drug-likeness (QED) is 0.284. The number of sulfone groups is 1. The first kappa shape index (κ1) is 26.9. The number of aromatic hydroxyl groups is 1. The van der Waals surface area contributed by atoms with Crippen LogP contribution in [0.4, 0.5) is 0 Å². The number of methoxy groups -OCH3 is 2. The molecule has 0 spiro atoms. The van der Waals surface area contributed by atoms with E-state index in [1.807, 2.05) is 31.2 Å². The topological polar surface area (TPSA) is 138 Å². The number of ether oxygens (including phenoxy) is 2. The predicted molar refractivity (Wildman–Crippen MR) is 148 cm³/mol. The molecule has 0 atom stereocenters. The third-order valence-electron chi connectivity index (χ3n) is 6.49. The van der Waals surface area contributed by atoms with Crippen LogP contribution in [0.5, 0.6) is 17.4 Å². The van der Waals surface area contributed by atoms with Gasteiger partial charge in [0.05, 0.1) is 30.3 Å². The Balaban J connectivity index is 1.67. The van der Waals surface area contributed by atoms with Crippen molar-refractivity contribution in [3.05, 3.63) is 82.9 Å². The number of para-hydroxylation sites is 2. The molecule has 5 aromatic rings. The molecule has 0 fully saturated rings. The van der Waals surface area contributed by atoms with Crippen LogP contribution in [0.1, 0.15) is 25.6 Å². The number of hydrogen-bond donors (Lipinski definition) is 1. The van der Waals surface area contributed by atoms with Gasteiger partial charge in [0.1, 0.15) is 28.5 Å². The van der Waals surface area contributed by atoms with Crippen LogP contribution >= 0.6 is 0 Å². The van der Waals surface area contributed by atoms with Crippen LogP contribution in [0.2, 0.25) is 0 Å². The summed E-state index contributed by atoms with van der Waals surface area (Å²) < 4.78 is 41.4. The molecule has 40 heavy (non-hydrogen) atoms. The van der Waals surface area contributed by atoms with Gasteiger partial charge in [0.2, 0.25) is 15.7 Å². The van der Waals surface area contributed by atoms with Crippen LogP contribution in [0.25, 0.3) is 22.4 Å². The van der Waals surface area contributed by atoms with Gasteiger partial charge in [0.25, 0.3) is 5.56 Å². The molecule has 0 aliphatic carbocycles. The predicted octanol–water partition coefficient (Wildman–Crippen LogP) is 3.86. The maximum absolute atomic E-state index is 13.8. The summed E-state index contributed by atoms with van der Waals surface area (Å²) in [6.45, 7) is 1.97. The Kier molecular flexibility index (Phi) is 7.26. The van der Waals surface area contributed by atoms with Crippen molar-refractivity contribution in [1.82, 2.24) is 24.5 Å². The maximum Gasteiger partial charge on any atom is 0.296 e. The van der Waals surface area contributed by atoms with E-state index in [9.17, 15) is 18.3 Å². The first-order chi connectivity index (χ1) is 19.3. The average molecular weight is 562 g/mol. The third-order valence-corrected chi connectivity index (χ3v) is 8.28. The van der Waals surface area contributed by atoms with Crippen molar-refractivity contribution < 1.29 is 23.0 Å². The number of fused-ring (bicyclic) bond motifs is 1. The summed E-state index contributed by atoms with van der Waals surface area (Å²) in [6.07, 6.45) is 1.74. The van der Waals surface area contributed by atoms with E-state index in [4.69, 9.17) is 9.47 Å². The van der Waals surface area contributed by atoms with E-state index in [-0.39, 0.29) is 16.4 Å². The van der Waals surface area contributed by atoms with Gasteiger partial charge in [-0.3, -0.25) is 9.36 Å². The molecule has 0 amide bonds. The SMILES string of the molecule is CCCCc1nc(=O)c(S(=O)(=O)c2ccc(-n3nnc4ccccc43)cc2)c(O)n1-c1c(OC)cccc1OC. The van der Waals surface area contributed by atoms with E-state index in [1.165, 1.54) is 30.9 Å². The van der Waals surface area contributed by atoms with Crippen LogP contribution < -0.4 is 15.0 Å². The van der Waals surface area contributed by atoms with Crippen LogP contribution in [-0.4, -0.2) is 52.3 Å². The molecule has 0 radical (unpaired) electrons. The number of nitrogens with zero attached hydrogens (tertiary/aromatic N) is 5. The van der Waals surface area contributed by atoms with Gasteiger partial charge in [-0.15, -0.1) is 5.10 Å². The zero-order valence-electron chi connectivity index (χ0n) is 22.1. The molecular formula is C28H27N5O6S. The van der Waals surface area contributed by atoms with Crippen molar-refractivity contribution in [2.75, 3.05) is 14.2 Å². The van der Waals surface area contributed by atoms with Crippen molar-refractivity contribution in [2.45, 2.75) is 36.0 Å². The second kappa shape index (κ2) is 10.8. The highest BCUT2D eigenvalue weighted by Crippen LogP contribution is 2.38. The van der Waals surface area contributed by atoms with Crippen LogP contribution in [-0.2, 0) is 16.3 Å². The van der Waals surface area contributed by atoms with Gasteiger partial charge in [-0.25, -0.2) is 13.1 Å². The zero-order valence-corrected chi connectivity index (χ0v) is 22.9. The van der Waals surface area contributed by atoms with Crippen molar-refractivity contribution >= 4 is 20.9 Å². The molecule has 3 aromatic carbocycles. The summed E-state index contributed by atoms with van der Waals surface area (Å²) in [7, 11) is -1.63. The normalized spacial score (nSPS) is 11.6. The van der Waals surface area contributed by atoms with Gasteiger partial charge >= 0.3 is 0 Å². The molecule has 0 bridgehead atoms. The van der Waals surface area contributed by atoms with Crippen LogP contribution in [0, 0.1) is 0 Å². The fourth-order valence-electron chi connectivity index (χ4n) is 4.51. The number of rotatable bonds is 9. The molecule has 0 saturated carbocycles. The van der Waals surface area contributed by atoms with Crippen molar-refractivity contribution in [2.24, 2.45) is 0 Å². The molecule has 11 nitrogen and oxygen atoms in total. The van der Waals surface area contributed by atoms with Crippen molar-refractivity contribution in [1.29, 1.82) is 0 Å². The minimum absolute atomic E-state index is 0.180. The lowest BCUT2D eigenvalue weighted by Gasteiger charge is -2.21. The van der Waals surface area contributed by atoms with E-state index in [2.05, 4.69) is 15.3 Å². The highest BCUT2D eigenvalue weighted by atomic mass is 32.2. The first-order valence-electron chi connectivity index (χ1n) is 12.5. The minimum atomic E-state index is -4.51. The second-order valence-corrected chi connectivity index (χ2v) is 10.8. The number of unbranched alkanes of at least 4 members (excludes halogenated alkanes) is 1. The van der Waals surface area contributed by atoms with Crippen molar-refractivity contribution in [3.63, 3.8) is 0 Å². The number of hydrogen-bond acceptors (Lipinski definition) is 9. The van der Waals surface area contributed by atoms with E-state index in [0.29, 0.717) is 35.5 Å². The Labute approximate surface area is 230 Å². The molecule has 0 saturated heterocycles. The number of aromatic nitrogens is 5. The number of aryl methyl sites for hydroxylation is 1. The summed E-state index contributed by atoms with van der Waals surface area (Å²) in [5.41, 5.74) is 1.18. The molecule has 0 aliphatic heterocycles. The fourth-order valence-corrected chi connectivity index (χ4v) is 5.84. The summed E-state index contributed by atoms with van der Waals surface area (Å²) in [4.78, 5) is 16.3. The largest absolute Gasteiger partial charge is 0.494 e. The lowest BCUT2D eigenvalue weighted by atomic mass is 10.2. The average Bonchev–Trinajstić information content (AvgIpc) is 3.40. The van der Waals surface area contributed by atoms with Crippen molar-refractivity contribution in [3.8, 4) is 28.8 Å². The zero-order chi connectivity index (χ0) is 28.4. The smallest absolute Gasteiger partial charge is 0.296 e. The molecule has 1 N–H and O–H groups in total. The Bertz CT molecular complexity index is 1840. The fraction of sp³-hybridized carbons (Fsp3) is 0.214. The van der Waals surface area contributed by atoms with Gasteiger partial charge in [-0.1, -0.05) is 36.8 Å². The molecule has 5 rings (SSSR count). The van der Waals surface area contributed by atoms with E-state index >= 15 is 0 Å². The molecule has 0 aliphatic rings. The van der Waals surface area contributed by atoms with E-state index in [0.717, 1.165) is 11.9 Å². The van der Waals surface area contributed by atoms with Crippen LogP contribution in [0.15, 0.2) is 81.3 Å². The van der Waals surface area contributed by atoms with Gasteiger partial charge < -0.3 is 14.6 Å². The van der Waals surface area contributed by atoms with Gasteiger partial charge in [0.15, 0.2) is 4.90 Å². The summed E-state index contributed by atoms with van der Waals surface area (Å²) in [5, 5.41) is 19.7. The van der Waals surface area contributed by atoms with E-state index in [1.54, 1.807) is 35.0 Å². The minimum Gasteiger partial charge on any atom is -0.494 e. The monoisotopic (exact) mass is 561 g/mol. The van der Waals surface area contributed by atoms with Crippen LogP contribution in [0.3, 0.4) is 0 Å². The second-order valence-electron chi connectivity index (χ2n) is 8.92. The lowest BCUT2D eigenvalue weighted by molar-refractivity contribution is 0.374. The molecule has 2 heterocycles. The maximum atomic E-state index is 13.8. The van der Waals surface area contributed by atoms with E-state index < -0.39 is 26.2 Å². The molecular weight excluding hydrogens is 534 g/mol. The number of benzene rings is 3. The summed E-state index contributed by atoms with van der Waals surface area (Å²) in [5.74, 6) is -0.00373. The summed E-state index contributed by atoms with van der Waals surface area (Å²) in [6, 6.07) is 18.1. The third kappa shape index (κ3) is 4.56. The Hall–Kier alpha value is -4.71. The Morgan fingerprint density at radius 1 is 0.925 bits per heavy atom. The molecule has 2 aromatic heterocycles. The Morgan fingerprint density at radius 3 is 2.25 bits per heavy atom. The molecule has 12 heteroatoms. The highest BCUT2D eigenvalue weighted by molar-refractivity contribution is 7.91.